The first-order valence-electron chi connectivity index (χ1n) is 7.80. The van der Waals surface area contributed by atoms with Crippen molar-refractivity contribution in [3.63, 3.8) is 0 Å². The molecule has 2 aliphatic rings. The Morgan fingerprint density at radius 2 is 1.95 bits per heavy atom. The van der Waals surface area contributed by atoms with Crippen LogP contribution in [0.2, 0.25) is 0 Å². The molecule has 2 aromatic rings. The molecular weight excluding hydrogens is 315 g/mol. The maximum absolute atomic E-state index is 13.8. The highest BCUT2D eigenvalue weighted by Gasteiger charge is 2.37. The van der Waals surface area contributed by atoms with Gasteiger partial charge in [-0.2, -0.15) is 11.8 Å². The van der Waals surface area contributed by atoms with Crippen LogP contribution in [0, 0.1) is 17.7 Å². The third-order valence-corrected chi connectivity index (χ3v) is 6.93. The molecule has 4 rings (SSSR count). The molecule has 1 aromatic carbocycles. The van der Waals surface area contributed by atoms with E-state index in [1.807, 2.05) is 11.4 Å². The lowest BCUT2D eigenvalue weighted by atomic mass is 10.0. The lowest BCUT2D eigenvalue weighted by Crippen LogP contribution is -2.26. The van der Waals surface area contributed by atoms with Crippen LogP contribution < -0.4 is 5.32 Å². The summed E-state index contributed by atoms with van der Waals surface area (Å²) < 4.78 is 13.8. The maximum Gasteiger partial charge on any atom is 0.132 e. The Hall–Kier alpha value is -0.910. The van der Waals surface area contributed by atoms with Crippen LogP contribution in [-0.2, 0) is 6.54 Å². The smallest absolute Gasteiger partial charge is 0.132 e. The third-order valence-electron chi connectivity index (χ3n) is 4.75. The van der Waals surface area contributed by atoms with Crippen molar-refractivity contribution in [1.82, 2.24) is 10.3 Å². The van der Waals surface area contributed by atoms with Gasteiger partial charge < -0.3 is 5.32 Å². The summed E-state index contributed by atoms with van der Waals surface area (Å²) in [4.78, 5) is 4.59. The first-order chi connectivity index (χ1) is 10.8. The van der Waals surface area contributed by atoms with E-state index < -0.39 is 0 Å². The van der Waals surface area contributed by atoms with Crippen molar-refractivity contribution >= 4 is 23.1 Å². The average Bonchev–Trinajstić information content (AvgIpc) is 3.21. The number of aromatic nitrogens is 1. The van der Waals surface area contributed by atoms with Crippen LogP contribution >= 0.6 is 23.1 Å². The van der Waals surface area contributed by atoms with Gasteiger partial charge in [0.15, 0.2) is 0 Å². The highest BCUT2D eigenvalue weighted by Crippen LogP contribution is 2.42. The van der Waals surface area contributed by atoms with E-state index >= 15 is 0 Å². The van der Waals surface area contributed by atoms with Crippen LogP contribution in [0.5, 0.6) is 0 Å². The highest BCUT2D eigenvalue weighted by molar-refractivity contribution is 7.99. The van der Waals surface area contributed by atoms with Crippen LogP contribution in [-0.4, -0.2) is 22.5 Å². The maximum atomic E-state index is 13.8. The summed E-state index contributed by atoms with van der Waals surface area (Å²) in [6.07, 6.45) is 2.62. The standard InChI is InChI=1S/C17H19FN2S2/c18-15-4-2-1-3-14(15)16-10-22-17(20-16)7-19-13-5-11-8-21-9-12(11)6-13/h1-4,10-13,19H,5-9H2/t11-,12+,13?. The topological polar surface area (TPSA) is 24.9 Å². The summed E-state index contributed by atoms with van der Waals surface area (Å²) in [5, 5.41) is 6.65. The SMILES string of the molecule is Fc1ccccc1-c1csc(CNC2C[C@H]3CSC[C@H]3C2)n1. The summed E-state index contributed by atoms with van der Waals surface area (Å²) >= 11 is 3.72. The molecular formula is C17H19FN2S2. The second-order valence-corrected chi connectivity index (χ2v) is 8.23. The molecule has 22 heavy (non-hydrogen) atoms. The predicted molar refractivity (Wildman–Crippen MR) is 91.7 cm³/mol. The highest BCUT2D eigenvalue weighted by atomic mass is 32.2. The minimum absolute atomic E-state index is 0.201. The van der Waals surface area contributed by atoms with E-state index in [4.69, 9.17) is 0 Å². The van der Waals surface area contributed by atoms with E-state index in [1.54, 1.807) is 23.5 Å². The lowest BCUT2D eigenvalue weighted by Gasteiger charge is -2.12. The summed E-state index contributed by atoms with van der Waals surface area (Å²) in [6.45, 7) is 0.802. The zero-order valence-electron chi connectivity index (χ0n) is 12.3. The van der Waals surface area contributed by atoms with Gasteiger partial charge in [0.25, 0.3) is 0 Å². The van der Waals surface area contributed by atoms with E-state index in [2.05, 4.69) is 22.1 Å². The molecule has 1 aromatic heterocycles. The molecule has 1 unspecified atom stereocenters. The van der Waals surface area contributed by atoms with E-state index in [9.17, 15) is 4.39 Å². The van der Waals surface area contributed by atoms with Gasteiger partial charge in [0.1, 0.15) is 10.8 Å². The van der Waals surface area contributed by atoms with Gasteiger partial charge in [0, 0.05) is 23.5 Å². The van der Waals surface area contributed by atoms with Crippen molar-refractivity contribution in [2.24, 2.45) is 11.8 Å². The van der Waals surface area contributed by atoms with Crippen molar-refractivity contribution in [2.75, 3.05) is 11.5 Å². The minimum Gasteiger partial charge on any atom is -0.308 e. The van der Waals surface area contributed by atoms with Crippen molar-refractivity contribution in [1.29, 1.82) is 0 Å². The Morgan fingerprint density at radius 3 is 2.73 bits per heavy atom. The van der Waals surface area contributed by atoms with Crippen LogP contribution in [0.15, 0.2) is 29.6 Å². The molecule has 1 saturated heterocycles. The molecule has 1 aliphatic heterocycles. The molecule has 2 nitrogen and oxygen atoms in total. The Bertz CT molecular complexity index is 646. The second kappa shape index (κ2) is 6.30. The molecule has 1 N–H and O–H groups in total. The van der Waals surface area contributed by atoms with E-state index in [0.717, 1.165) is 29.1 Å². The first-order valence-corrected chi connectivity index (χ1v) is 9.83. The normalized spacial score (nSPS) is 27.2. The van der Waals surface area contributed by atoms with Crippen molar-refractivity contribution in [3.05, 3.63) is 40.5 Å². The van der Waals surface area contributed by atoms with Gasteiger partial charge in [-0.1, -0.05) is 12.1 Å². The number of thiazole rings is 1. The molecule has 0 radical (unpaired) electrons. The molecule has 116 valence electrons. The Balaban J connectivity index is 1.38. The number of nitrogens with zero attached hydrogens (tertiary/aromatic N) is 1. The van der Waals surface area contributed by atoms with Crippen LogP contribution in [0.3, 0.4) is 0 Å². The van der Waals surface area contributed by atoms with Gasteiger partial charge in [-0.3, -0.25) is 0 Å². The van der Waals surface area contributed by atoms with Crippen molar-refractivity contribution < 1.29 is 4.39 Å². The Morgan fingerprint density at radius 1 is 1.18 bits per heavy atom. The van der Waals surface area contributed by atoms with E-state index in [-0.39, 0.29) is 5.82 Å². The number of hydrogen-bond donors (Lipinski definition) is 1. The summed E-state index contributed by atoms with van der Waals surface area (Å²) in [7, 11) is 0. The molecule has 0 amide bonds. The second-order valence-electron chi connectivity index (χ2n) is 6.21. The Kier molecular flexibility index (Phi) is 4.20. The Labute approximate surface area is 138 Å². The molecule has 1 saturated carbocycles. The minimum atomic E-state index is -0.201. The van der Waals surface area contributed by atoms with Crippen LogP contribution in [0.25, 0.3) is 11.3 Å². The molecule has 1 aliphatic carbocycles. The number of halogens is 1. The molecule has 2 heterocycles. The zero-order chi connectivity index (χ0) is 14.9. The number of fused-ring (bicyclic) bond motifs is 1. The monoisotopic (exact) mass is 334 g/mol. The molecule has 3 atom stereocenters. The molecule has 2 fully saturated rings. The zero-order valence-corrected chi connectivity index (χ0v) is 13.9. The fourth-order valence-corrected chi connectivity index (χ4v) is 5.88. The summed E-state index contributed by atoms with van der Waals surface area (Å²) in [6, 6.07) is 7.48. The van der Waals surface area contributed by atoms with E-state index in [1.165, 1.54) is 30.4 Å². The van der Waals surface area contributed by atoms with Gasteiger partial charge in [-0.05, 0) is 48.3 Å². The fourth-order valence-electron chi connectivity index (χ4n) is 3.57. The summed E-state index contributed by atoms with van der Waals surface area (Å²) in [5.41, 5.74) is 1.34. The molecule has 5 heteroatoms. The average molecular weight is 334 g/mol. The lowest BCUT2D eigenvalue weighted by molar-refractivity contribution is 0.494. The quantitative estimate of drug-likeness (QED) is 0.908. The molecule has 0 bridgehead atoms. The van der Waals surface area contributed by atoms with E-state index in [0.29, 0.717) is 11.6 Å². The van der Waals surface area contributed by atoms with Gasteiger partial charge in [-0.15, -0.1) is 11.3 Å². The number of rotatable bonds is 4. The van der Waals surface area contributed by atoms with Crippen LogP contribution in [0.1, 0.15) is 17.8 Å². The largest absolute Gasteiger partial charge is 0.308 e. The van der Waals surface area contributed by atoms with Gasteiger partial charge in [-0.25, -0.2) is 9.37 Å². The van der Waals surface area contributed by atoms with Crippen molar-refractivity contribution in [3.8, 4) is 11.3 Å². The predicted octanol–water partition coefficient (Wildman–Crippen LogP) is 4.18. The van der Waals surface area contributed by atoms with Crippen molar-refractivity contribution in [2.45, 2.75) is 25.4 Å². The molecule has 0 spiro atoms. The van der Waals surface area contributed by atoms with Gasteiger partial charge >= 0.3 is 0 Å². The van der Waals surface area contributed by atoms with Gasteiger partial charge in [0.05, 0.1) is 5.69 Å². The fraction of sp³-hybridized carbons (Fsp3) is 0.471. The number of benzene rings is 1. The third kappa shape index (κ3) is 2.94. The summed E-state index contributed by atoms with van der Waals surface area (Å²) in [5.74, 6) is 4.34. The van der Waals surface area contributed by atoms with Gasteiger partial charge in [0.2, 0.25) is 0 Å². The first kappa shape index (κ1) is 14.7. The number of nitrogens with one attached hydrogen (secondary N) is 1. The van der Waals surface area contributed by atoms with Crippen LogP contribution in [0.4, 0.5) is 4.39 Å². The number of thioether (sulfide) groups is 1. The number of hydrogen-bond acceptors (Lipinski definition) is 4.